The molecule has 5 heteroatoms. The minimum Gasteiger partial charge on any atom is -0.445 e. The van der Waals surface area contributed by atoms with Crippen molar-refractivity contribution >= 4 is 22.0 Å². The fraction of sp³-hybridized carbons (Fsp3) is 0.720. The maximum Gasteiger partial charge on any atom is 0.410 e. The fourth-order valence-corrected chi connectivity index (χ4v) is 4.48. The first-order valence-electron chi connectivity index (χ1n) is 11.9. The van der Waals surface area contributed by atoms with Gasteiger partial charge in [-0.25, -0.2) is 4.79 Å². The van der Waals surface area contributed by atoms with Gasteiger partial charge in [-0.2, -0.15) is 0 Å². The van der Waals surface area contributed by atoms with Crippen molar-refractivity contribution in [2.45, 2.75) is 96.3 Å². The largest absolute Gasteiger partial charge is 0.445 e. The van der Waals surface area contributed by atoms with E-state index in [-0.39, 0.29) is 12.1 Å². The van der Waals surface area contributed by atoms with E-state index in [1.165, 1.54) is 19.3 Å². The van der Waals surface area contributed by atoms with Gasteiger partial charge in [-0.1, -0.05) is 78.9 Å². The lowest BCUT2D eigenvalue weighted by molar-refractivity contribution is 0.00307. The first-order valence-corrected chi connectivity index (χ1v) is 13.0. The number of carbonyl (C=O) groups is 1. The van der Waals surface area contributed by atoms with Crippen LogP contribution < -0.4 is 0 Å². The van der Waals surface area contributed by atoms with Gasteiger partial charge < -0.3 is 14.4 Å². The first-order chi connectivity index (χ1) is 14.7. The number of hydrogen-bond donors (Lipinski definition) is 0. The minimum atomic E-state index is -0.161. The summed E-state index contributed by atoms with van der Waals surface area (Å²) in [6, 6.07) is 10.2. The number of halogens is 1. The van der Waals surface area contributed by atoms with E-state index in [1.807, 2.05) is 35.2 Å². The summed E-state index contributed by atoms with van der Waals surface area (Å²) in [7, 11) is 0. The van der Waals surface area contributed by atoms with E-state index in [0.29, 0.717) is 12.7 Å². The molecule has 0 spiro atoms. The van der Waals surface area contributed by atoms with Crippen LogP contribution >= 0.6 is 15.9 Å². The smallest absolute Gasteiger partial charge is 0.410 e. The molecule has 1 aliphatic rings. The summed E-state index contributed by atoms with van der Waals surface area (Å²) in [6.45, 7) is 4.21. The van der Waals surface area contributed by atoms with Crippen LogP contribution in [0.25, 0.3) is 0 Å². The van der Waals surface area contributed by atoms with E-state index in [9.17, 15) is 4.79 Å². The third kappa shape index (κ3) is 9.82. The number of unbranched alkanes of at least 4 members (excludes halogenated alkanes) is 5. The number of amides is 1. The van der Waals surface area contributed by atoms with Crippen LogP contribution in [-0.4, -0.2) is 41.6 Å². The van der Waals surface area contributed by atoms with Crippen LogP contribution in [0.1, 0.15) is 83.1 Å². The van der Waals surface area contributed by atoms with Gasteiger partial charge in [-0.3, -0.25) is 0 Å². The molecule has 0 heterocycles. The Balaban J connectivity index is 1.75. The Hall–Kier alpha value is -1.07. The summed E-state index contributed by atoms with van der Waals surface area (Å²) in [5, 5.41) is 1.10. The number of nitrogens with zero attached hydrogens (tertiary/aromatic N) is 1. The molecule has 4 nitrogen and oxygen atoms in total. The first kappa shape index (κ1) is 25.2. The van der Waals surface area contributed by atoms with E-state index in [0.717, 1.165) is 75.4 Å². The summed E-state index contributed by atoms with van der Waals surface area (Å²) in [4.78, 5) is 14.9. The molecule has 0 saturated heterocycles. The van der Waals surface area contributed by atoms with Crippen molar-refractivity contribution < 1.29 is 14.3 Å². The van der Waals surface area contributed by atoms with Gasteiger partial charge in [0.15, 0.2) is 0 Å². The molecule has 1 fully saturated rings. The SMILES string of the molecule is CCCCCN(C(=O)OCc1ccccc1)C1CCC(OCCCCCCBr)CC1. The Bertz CT molecular complexity index is 561. The lowest BCUT2D eigenvalue weighted by Crippen LogP contribution is -2.44. The molecule has 0 unspecified atom stereocenters. The third-order valence-electron chi connectivity index (χ3n) is 5.91. The molecule has 0 radical (unpaired) electrons. The molecule has 2 rings (SSSR count). The number of rotatable bonds is 14. The van der Waals surface area contributed by atoms with E-state index < -0.39 is 0 Å². The van der Waals surface area contributed by atoms with E-state index in [2.05, 4.69) is 22.9 Å². The van der Waals surface area contributed by atoms with Gasteiger partial charge in [0, 0.05) is 24.5 Å². The molecule has 1 saturated carbocycles. The maximum atomic E-state index is 12.9. The highest BCUT2D eigenvalue weighted by Gasteiger charge is 2.29. The highest BCUT2D eigenvalue weighted by molar-refractivity contribution is 9.09. The van der Waals surface area contributed by atoms with Gasteiger partial charge >= 0.3 is 6.09 Å². The predicted octanol–water partition coefficient (Wildman–Crippen LogP) is 7.10. The number of ether oxygens (including phenoxy) is 2. The van der Waals surface area contributed by atoms with Crippen LogP contribution in [0.3, 0.4) is 0 Å². The van der Waals surface area contributed by atoms with Gasteiger partial charge in [0.2, 0.25) is 0 Å². The number of benzene rings is 1. The summed E-state index contributed by atoms with van der Waals surface area (Å²) < 4.78 is 11.8. The Morgan fingerprint density at radius 2 is 1.73 bits per heavy atom. The van der Waals surface area contributed by atoms with E-state index >= 15 is 0 Å². The molecule has 1 amide bonds. The van der Waals surface area contributed by atoms with Gasteiger partial charge in [-0.15, -0.1) is 0 Å². The third-order valence-corrected chi connectivity index (χ3v) is 6.47. The molecule has 0 N–H and O–H groups in total. The normalized spacial score (nSPS) is 18.9. The van der Waals surface area contributed by atoms with E-state index in [4.69, 9.17) is 9.47 Å². The zero-order chi connectivity index (χ0) is 21.4. The maximum absolute atomic E-state index is 12.9. The summed E-state index contributed by atoms with van der Waals surface area (Å²) in [6.07, 6.45) is 12.6. The topological polar surface area (TPSA) is 38.8 Å². The summed E-state index contributed by atoms with van der Waals surface area (Å²) >= 11 is 3.48. The van der Waals surface area contributed by atoms with Crippen molar-refractivity contribution in [3.63, 3.8) is 0 Å². The molecule has 0 aromatic heterocycles. The Morgan fingerprint density at radius 1 is 1.00 bits per heavy atom. The zero-order valence-electron chi connectivity index (χ0n) is 18.7. The monoisotopic (exact) mass is 481 g/mol. The molecule has 1 aromatic rings. The van der Waals surface area contributed by atoms with E-state index in [1.54, 1.807) is 0 Å². The second-order valence-electron chi connectivity index (χ2n) is 8.35. The Morgan fingerprint density at radius 3 is 2.43 bits per heavy atom. The Kier molecular flexibility index (Phi) is 13.2. The van der Waals surface area contributed by atoms with Crippen LogP contribution in [0.5, 0.6) is 0 Å². The quantitative estimate of drug-likeness (QED) is 0.210. The second kappa shape index (κ2) is 15.7. The molecule has 170 valence electrons. The molecule has 0 atom stereocenters. The lowest BCUT2D eigenvalue weighted by atomic mass is 9.91. The van der Waals surface area contributed by atoms with Crippen LogP contribution in [0.15, 0.2) is 30.3 Å². The second-order valence-corrected chi connectivity index (χ2v) is 9.14. The number of hydrogen-bond acceptors (Lipinski definition) is 3. The fourth-order valence-electron chi connectivity index (χ4n) is 4.08. The van der Waals surface area contributed by atoms with Crippen LogP contribution in [0, 0.1) is 0 Å². The average Bonchev–Trinajstić information content (AvgIpc) is 2.79. The predicted molar refractivity (Wildman–Crippen MR) is 127 cm³/mol. The van der Waals surface area contributed by atoms with Crippen molar-refractivity contribution in [1.82, 2.24) is 4.90 Å². The number of carbonyl (C=O) groups excluding carboxylic acids is 1. The van der Waals surface area contributed by atoms with Crippen molar-refractivity contribution in [3.8, 4) is 0 Å². The molecule has 0 aliphatic heterocycles. The molecular formula is C25H40BrNO3. The van der Waals surface area contributed by atoms with Crippen molar-refractivity contribution in [2.24, 2.45) is 0 Å². The molecular weight excluding hydrogens is 442 g/mol. The average molecular weight is 483 g/mol. The van der Waals surface area contributed by atoms with Gasteiger partial charge in [-0.05, 0) is 50.5 Å². The van der Waals surface area contributed by atoms with Crippen molar-refractivity contribution in [1.29, 1.82) is 0 Å². The zero-order valence-corrected chi connectivity index (χ0v) is 20.3. The molecule has 0 bridgehead atoms. The molecule has 30 heavy (non-hydrogen) atoms. The number of alkyl halides is 1. The highest BCUT2D eigenvalue weighted by atomic mass is 79.9. The summed E-state index contributed by atoms with van der Waals surface area (Å²) in [5.74, 6) is 0. The summed E-state index contributed by atoms with van der Waals surface area (Å²) in [5.41, 5.74) is 1.03. The van der Waals surface area contributed by atoms with Crippen LogP contribution in [0.4, 0.5) is 4.79 Å². The van der Waals surface area contributed by atoms with Crippen LogP contribution in [0.2, 0.25) is 0 Å². The van der Waals surface area contributed by atoms with Crippen molar-refractivity contribution in [3.05, 3.63) is 35.9 Å². The highest BCUT2D eigenvalue weighted by Crippen LogP contribution is 2.26. The van der Waals surface area contributed by atoms with Crippen molar-refractivity contribution in [2.75, 3.05) is 18.5 Å². The van der Waals surface area contributed by atoms with Gasteiger partial charge in [0.05, 0.1) is 6.10 Å². The minimum absolute atomic E-state index is 0.161. The van der Waals surface area contributed by atoms with Gasteiger partial charge in [0.1, 0.15) is 6.61 Å². The van der Waals surface area contributed by atoms with Crippen LogP contribution in [-0.2, 0) is 16.1 Å². The standard InChI is InChI=1S/C25H40BrNO3/c1-2-3-10-19-27(25(28)30-21-22-12-7-6-8-13-22)23-14-16-24(17-15-23)29-20-11-5-4-9-18-26/h6-8,12-13,23-24H,2-5,9-11,14-21H2,1H3. The molecule has 1 aromatic carbocycles. The molecule has 1 aliphatic carbocycles. The Labute approximate surface area is 191 Å². The van der Waals surface area contributed by atoms with Gasteiger partial charge in [0.25, 0.3) is 0 Å². The lowest BCUT2D eigenvalue weighted by Gasteiger charge is -2.36.